The van der Waals surface area contributed by atoms with Gasteiger partial charge in [-0.2, -0.15) is 0 Å². The van der Waals surface area contributed by atoms with Crippen LogP contribution in [0.2, 0.25) is 0 Å². The molecule has 0 saturated carbocycles. The first-order chi connectivity index (χ1) is 11.1. The van der Waals surface area contributed by atoms with Crippen molar-refractivity contribution in [3.05, 3.63) is 71.8 Å². The van der Waals surface area contributed by atoms with Gasteiger partial charge >= 0.3 is 0 Å². The summed E-state index contributed by atoms with van der Waals surface area (Å²) in [6.07, 6.45) is 3.32. The molecule has 0 aliphatic heterocycles. The molecule has 2 aromatic carbocycles. The molecule has 0 aliphatic rings. The molecule has 1 atom stereocenters. The lowest BCUT2D eigenvalue weighted by molar-refractivity contribution is 0.527. The first-order valence-electron chi connectivity index (χ1n) is 8.19. The lowest BCUT2D eigenvalue weighted by Gasteiger charge is -2.19. The van der Waals surface area contributed by atoms with E-state index in [0.29, 0.717) is 6.42 Å². The Balaban J connectivity index is 2.02. The summed E-state index contributed by atoms with van der Waals surface area (Å²) in [6.45, 7) is 1.88. The highest BCUT2D eigenvalue weighted by Gasteiger charge is 2.18. The number of aryl methyl sites for hydroxylation is 1. The van der Waals surface area contributed by atoms with Crippen molar-refractivity contribution >= 4 is 10.0 Å². The van der Waals surface area contributed by atoms with Crippen LogP contribution in [-0.2, 0) is 16.4 Å². The minimum absolute atomic E-state index is 0.156. The minimum atomic E-state index is -3.22. The van der Waals surface area contributed by atoms with E-state index < -0.39 is 10.0 Å². The molecule has 23 heavy (non-hydrogen) atoms. The molecule has 0 saturated heterocycles. The first kappa shape index (κ1) is 17.7. The van der Waals surface area contributed by atoms with Crippen molar-refractivity contribution in [3.8, 4) is 0 Å². The van der Waals surface area contributed by atoms with E-state index in [1.165, 1.54) is 5.56 Å². The number of hydrogen-bond acceptors (Lipinski definition) is 2. The number of benzene rings is 2. The molecule has 0 fully saturated rings. The zero-order chi connectivity index (χ0) is 16.5. The van der Waals surface area contributed by atoms with Gasteiger partial charge in [-0.25, -0.2) is 13.1 Å². The Bertz CT molecular complexity index is 669. The van der Waals surface area contributed by atoms with Gasteiger partial charge in [0.2, 0.25) is 10.0 Å². The Kier molecular flexibility index (Phi) is 6.81. The van der Waals surface area contributed by atoms with Crippen molar-refractivity contribution < 1.29 is 8.42 Å². The maximum atomic E-state index is 12.1. The van der Waals surface area contributed by atoms with Gasteiger partial charge in [-0.1, -0.05) is 67.6 Å². The normalized spacial score (nSPS) is 12.9. The van der Waals surface area contributed by atoms with Crippen LogP contribution in [0.25, 0.3) is 0 Å². The molecule has 0 aliphatic carbocycles. The fourth-order valence-corrected chi connectivity index (χ4v) is 4.02. The summed E-state index contributed by atoms with van der Waals surface area (Å²) in [6, 6.07) is 20.0. The Labute approximate surface area is 139 Å². The average Bonchev–Trinajstić information content (AvgIpc) is 2.55. The largest absolute Gasteiger partial charge is 0.212 e. The molecule has 0 aromatic heterocycles. The standard InChI is InChI=1S/C19H25NO2S/c1-2-16-23(21,22)20-19(18-13-7-4-8-14-18)15-9-12-17-10-5-3-6-11-17/h3-8,10-11,13-14,19-20H,2,9,12,15-16H2,1H3. The van der Waals surface area contributed by atoms with E-state index in [0.717, 1.165) is 24.8 Å². The van der Waals surface area contributed by atoms with Crippen LogP contribution in [0.5, 0.6) is 0 Å². The lowest BCUT2D eigenvalue weighted by Crippen LogP contribution is -2.30. The summed E-state index contributed by atoms with van der Waals surface area (Å²) in [7, 11) is -3.22. The SMILES string of the molecule is CCCS(=O)(=O)NC(CCCc1ccccc1)c1ccccc1. The van der Waals surface area contributed by atoms with Gasteiger partial charge in [0.25, 0.3) is 0 Å². The van der Waals surface area contributed by atoms with Gasteiger partial charge in [0.1, 0.15) is 0 Å². The zero-order valence-electron chi connectivity index (χ0n) is 13.6. The summed E-state index contributed by atoms with van der Waals surface area (Å²) >= 11 is 0. The fraction of sp³-hybridized carbons (Fsp3) is 0.368. The molecule has 0 spiro atoms. The van der Waals surface area contributed by atoms with Crippen LogP contribution in [0.1, 0.15) is 43.4 Å². The third-order valence-electron chi connectivity index (χ3n) is 3.80. The van der Waals surface area contributed by atoms with Gasteiger partial charge in [-0.05, 0) is 36.8 Å². The van der Waals surface area contributed by atoms with E-state index in [9.17, 15) is 8.42 Å². The summed E-state index contributed by atoms with van der Waals surface area (Å²) in [5.41, 5.74) is 2.32. The van der Waals surface area contributed by atoms with Crippen LogP contribution < -0.4 is 4.72 Å². The van der Waals surface area contributed by atoms with Crippen LogP contribution in [-0.4, -0.2) is 14.2 Å². The fourth-order valence-electron chi connectivity index (χ4n) is 2.68. The highest BCUT2D eigenvalue weighted by Crippen LogP contribution is 2.21. The van der Waals surface area contributed by atoms with Gasteiger partial charge in [0.05, 0.1) is 5.75 Å². The third kappa shape index (κ3) is 6.16. The lowest BCUT2D eigenvalue weighted by atomic mass is 10.00. The van der Waals surface area contributed by atoms with Crippen LogP contribution in [0.15, 0.2) is 60.7 Å². The Hall–Kier alpha value is -1.65. The van der Waals surface area contributed by atoms with Crippen LogP contribution in [0, 0.1) is 0 Å². The molecular formula is C19H25NO2S. The van der Waals surface area contributed by atoms with Crippen molar-refractivity contribution in [1.82, 2.24) is 4.72 Å². The van der Waals surface area contributed by atoms with E-state index in [1.807, 2.05) is 55.5 Å². The van der Waals surface area contributed by atoms with Crippen LogP contribution in [0.3, 0.4) is 0 Å². The highest BCUT2D eigenvalue weighted by molar-refractivity contribution is 7.89. The predicted molar refractivity (Wildman–Crippen MR) is 95.8 cm³/mol. The van der Waals surface area contributed by atoms with E-state index in [-0.39, 0.29) is 11.8 Å². The second-order valence-corrected chi connectivity index (χ2v) is 7.65. The average molecular weight is 331 g/mol. The number of sulfonamides is 1. The van der Waals surface area contributed by atoms with Gasteiger partial charge in [-0.15, -0.1) is 0 Å². The second-order valence-electron chi connectivity index (χ2n) is 5.78. The molecule has 1 N–H and O–H groups in total. The zero-order valence-corrected chi connectivity index (χ0v) is 14.4. The maximum Gasteiger partial charge on any atom is 0.212 e. The van der Waals surface area contributed by atoms with Crippen molar-refractivity contribution in [2.24, 2.45) is 0 Å². The van der Waals surface area contributed by atoms with Crippen molar-refractivity contribution in [3.63, 3.8) is 0 Å². The molecule has 1 unspecified atom stereocenters. The molecule has 3 nitrogen and oxygen atoms in total. The minimum Gasteiger partial charge on any atom is -0.212 e. The smallest absolute Gasteiger partial charge is 0.212 e. The number of rotatable bonds is 9. The molecular weight excluding hydrogens is 306 g/mol. The second kappa shape index (κ2) is 8.85. The molecule has 2 rings (SSSR count). The quantitative estimate of drug-likeness (QED) is 0.752. The van der Waals surface area contributed by atoms with Crippen LogP contribution in [0.4, 0.5) is 0 Å². The summed E-state index contributed by atoms with van der Waals surface area (Å²) in [5.74, 6) is 0.176. The summed E-state index contributed by atoms with van der Waals surface area (Å²) in [4.78, 5) is 0. The van der Waals surface area contributed by atoms with E-state index >= 15 is 0 Å². The summed E-state index contributed by atoms with van der Waals surface area (Å²) in [5, 5.41) is 0. The molecule has 0 radical (unpaired) electrons. The monoisotopic (exact) mass is 331 g/mol. The Morgan fingerprint density at radius 3 is 2.17 bits per heavy atom. The Morgan fingerprint density at radius 2 is 1.57 bits per heavy atom. The third-order valence-corrected chi connectivity index (χ3v) is 5.39. The Morgan fingerprint density at radius 1 is 0.957 bits per heavy atom. The van der Waals surface area contributed by atoms with Gasteiger partial charge in [0, 0.05) is 6.04 Å². The van der Waals surface area contributed by atoms with Crippen LogP contribution >= 0.6 is 0 Å². The molecule has 4 heteroatoms. The van der Waals surface area contributed by atoms with E-state index in [2.05, 4.69) is 16.9 Å². The topological polar surface area (TPSA) is 46.2 Å². The number of hydrogen-bond donors (Lipinski definition) is 1. The summed E-state index contributed by atoms with van der Waals surface area (Å²) < 4.78 is 27.1. The van der Waals surface area contributed by atoms with Gasteiger partial charge in [0.15, 0.2) is 0 Å². The molecule has 124 valence electrons. The predicted octanol–water partition coefficient (Wildman–Crippen LogP) is 4.08. The van der Waals surface area contributed by atoms with Gasteiger partial charge < -0.3 is 0 Å². The molecule has 0 amide bonds. The molecule has 0 bridgehead atoms. The maximum absolute atomic E-state index is 12.1. The molecule has 2 aromatic rings. The van der Waals surface area contributed by atoms with Crippen molar-refractivity contribution in [2.75, 3.05) is 5.75 Å². The van der Waals surface area contributed by atoms with Crippen molar-refractivity contribution in [2.45, 2.75) is 38.6 Å². The first-order valence-corrected chi connectivity index (χ1v) is 9.85. The number of nitrogens with one attached hydrogen (secondary N) is 1. The van der Waals surface area contributed by atoms with Crippen molar-refractivity contribution in [1.29, 1.82) is 0 Å². The van der Waals surface area contributed by atoms with Gasteiger partial charge in [-0.3, -0.25) is 0 Å². The molecule has 0 heterocycles. The van der Waals surface area contributed by atoms with E-state index in [1.54, 1.807) is 0 Å². The highest BCUT2D eigenvalue weighted by atomic mass is 32.2. The van der Waals surface area contributed by atoms with E-state index in [4.69, 9.17) is 0 Å².